The minimum atomic E-state index is -0.566. The first kappa shape index (κ1) is 24.6. The highest BCUT2D eigenvalue weighted by molar-refractivity contribution is 6.09. The van der Waals surface area contributed by atoms with Gasteiger partial charge in [-0.1, -0.05) is 18.2 Å². The highest BCUT2D eigenvalue weighted by Crippen LogP contribution is 2.31. The van der Waals surface area contributed by atoms with E-state index in [-0.39, 0.29) is 5.78 Å². The number of para-hydroxylation sites is 1. The van der Waals surface area contributed by atoms with E-state index in [1.54, 1.807) is 80.8 Å². The van der Waals surface area contributed by atoms with Gasteiger partial charge < -0.3 is 23.4 Å². The second kappa shape index (κ2) is 10.8. The fraction of sp³-hybridized carbons (Fsp3) is 0.172. The molecule has 0 atom stereocenters. The number of fused-ring (bicyclic) bond motifs is 1. The fourth-order valence-corrected chi connectivity index (χ4v) is 3.83. The third-order valence-electron chi connectivity index (χ3n) is 5.56. The van der Waals surface area contributed by atoms with Crippen LogP contribution in [0.2, 0.25) is 0 Å². The summed E-state index contributed by atoms with van der Waals surface area (Å²) in [4.78, 5) is 26.0. The van der Waals surface area contributed by atoms with Gasteiger partial charge in [0.2, 0.25) is 0 Å². The molecule has 0 N–H and O–H groups in total. The van der Waals surface area contributed by atoms with E-state index in [1.807, 2.05) is 6.92 Å². The molecular weight excluding hydrogens is 460 g/mol. The Balaban J connectivity index is 1.60. The van der Waals surface area contributed by atoms with Crippen LogP contribution in [-0.4, -0.2) is 32.6 Å². The predicted molar refractivity (Wildman–Crippen MR) is 136 cm³/mol. The molecule has 1 heterocycles. The minimum Gasteiger partial charge on any atom is -0.497 e. The summed E-state index contributed by atoms with van der Waals surface area (Å²) in [5, 5.41) is 0.609. The first-order valence-corrected chi connectivity index (χ1v) is 11.4. The third kappa shape index (κ3) is 5.10. The maximum Gasteiger partial charge on any atom is 0.347 e. The lowest BCUT2D eigenvalue weighted by Gasteiger charge is -2.09. The van der Waals surface area contributed by atoms with Crippen molar-refractivity contribution in [2.24, 2.45) is 0 Å². The molecule has 36 heavy (non-hydrogen) atoms. The monoisotopic (exact) mass is 486 g/mol. The van der Waals surface area contributed by atoms with Crippen LogP contribution >= 0.6 is 0 Å². The van der Waals surface area contributed by atoms with Gasteiger partial charge in [0.15, 0.2) is 5.78 Å². The normalized spacial score (nSPS) is 11.0. The molecule has 0 amide bonds. The number of esters is 1. The molecule has 0 aliphatic carbocycles. The largest absolute Gasteiger partial charge is 0.497 e. The van der Waals surface area contributed by atoms with Gasteiger partial charge in [-0.2, -0.15) is 0 Å². The molecule has 184 valence electrons. The molecule has 0 unspecified atom stereocenters. The van der Waals surface area contributed by atoms with Crippen molar-refractivity contribution >= 4 is 28.8 Å². The van der Waals surface area contributed by atoms with Crippen LogP contribution in [0.3, 0.4) is 0 Å². The van der Waals surface area contributed by atoms with Gasteiger partial charge in [-0.25, -0.2) is 4.79 Å². The summed E-state index contributed by atoms with van der Waals surface area (Å²) in [5.41, 5.74) is 1.83. The van der Waals surface area contributed by atoms with Gasteiger partial charge in [-0.3, -0.25) is 4.79 Å². The molecule has 1 aromatic heterocycles. The van der Waals surface area contributed by atoms with Crippen molar-refractivity contribution in [2.45, 2.75) is 13.8 Å². The molecule has 4 rings (SSSR count). The zero-order valence-corrected chi connectivity index (χ0v) is 20.5. The van der Waals surface area contributed by atoms with Crippen LogP contribution in [0.25, 0.3) is 17.0 Å². The number of rotatable bonds is 9. The molecule has 0 saturated carbocycles. The number of hydrogen-bond donors (Lipinski definition) is 0. The van der Waals surface area contributed by atoms with E-state index in [0.717, 1.165) is 0 Å². The average molecular weight is 487 g/mol. The Hall–Kier alpha value is -4.52. The van der Waals surface area contributed by atoms with Crippen LogP contribution in [0.1, 0.15) is 39.0 Å². The van der Waals surface area contributed by atoms with E-state index in [4.69, 9.17) is 23.4 Å². The smallest absolute Gasteiger partial charge is 0.347 e. The molecular formula is C29H26O7. The number of ketones is 1. The lowest BCUT2D eigenvalue weighted by Crippen LogP contribution is -2.10. The van der Waals surface area contributed by atoms with E-state index in [9.17, 15) is 9.59 Å². The molecule has 0 spiro atoms. The van der Waals surface area contributed by atoms with Crippen molar-refractivity contribution in [3.8, 4) is 23.0 Å². The van der Waals surface area contributed by atoms with E-state index in [0.29, 0.717) is 63.0 Å². The lowest BCUT2D eigenvalue weighted by molar-refractivity contribution is 0.0734. The number of methoxy groups -OCH3 is 2. The first-order chi connectivity index (χ1) is 17.4. The summed E-state index contributed by atoms with van der Waals surface area (Å²) in [5.74, 6) is 1.54. The molecule has 0 aliphatic rings. The van der Waals surface area contributed by atoms with Gasteiger partial charge in [0.05, 0.1) is 26.4 Å². The number of furan rings is 1. The molecule has 3 aromatic carbocycles. The number of carbonyl (C=O) groups is 2. The molecule has 4 aromatic rings. The summed E-state index contributed by atoms with van der Waals surface area (Å²) in [6.45, 7) is 4.10. The van der Waals surface area contributed by atoms with Crippen LogP contribution in [0.15, 0.2) is 71.2 Å². The number of allylic oxidation sites excluding steroid dienone is 1. The van der Waals surface area contributed by atoms with Crippen LogP contribution in [0, 0.1) is 6.92 Å². The molecule has 0 saturated heterocycles. The Kier molecular flexibility index (Phi) is 7.39. The average Bonchev–Trinajstić information content (AvgIpc) is 3.22. The highest BCUT2D eigenvalue weighted by Gasteiger charge is 2.21. The van der Waals surface area contributed by atoms with Gasteiger partial charge >= 0.3 is 5.97 Å². The van der Waals surface area contributed by atoms with Gasteiger partial charge in [-0.15, -0.1) is 0 Å². The second-order valence-corrected chi connectivity index (χ2v) is 7.82. The Labute approximate surface area is 208 Å². The van der Waals surface area contributed by atoms with Gasteiger partial charge in [0.25, 0.3) is 0 Å². The Bertz CT molecular complexity index is 1450. The van der Waals surface area contributed by atoms with Crippen LogP contribution in [0.5, 0.6) is 23.0 Å². The maximum absolute atomic E-state index is 13.2. The zero-order chi connectivity index (χ0) is 25.7. The van der Waals surface area contributed by atoms with Crippen LogP contribution in [-0.2, 0) is 0 Å². The predicted octanol–water partition coefficient (Wildman–Crippen LogP) is 6.27. The summed E-state index contributed by atoms with van der Waals surface area (Å²) in [7, 11) is 3.03. The quantitative estimate of drug-likeness (QED) is 0.119. The Morgan fingerprint density at radius 3 is 2.44 bits per heavy atom. The van der Waals surface area contributed by atoms with Crippen LogP contribution in [0.4, 0.5) is 0 Å². The molecule has 0 fully saturated rings. The van der Waals surface area contributed by atoms with Crippen molar-refractivity contribution < 1.29 is 33.0 Å². The molecule has 0 bridgehead atoms. The molecule has 0 radical (unpaired) electrons. The summed E-state index contributed by atoms with van der Waals surface area (Å²) in [6, 6.07) is 17.3. The minimum absolute atomic E-state index is 0.268. The molecule has 7 nitrogen and oxygen atoms in total. The van der Waals surface area contributed by atoms with Gasteiger partial charge in [0.1, 0.15) is 39.9 Å². The summed E-state index contributed by atoms with van der Waals surface area (Å²) < 4.78 is 27.6. The second-order valence-electron chi connectivity index (χ2n) is 7.82. The number of hydrogen-bond acceptors (Lipinski definition) is 7. The lowest BCUT2D eigenvalue weighted by atomic mass is 10.1. The van der Waals surface area contributed by atoms with E-state index >= 15 is 0 Å². The highest BCUT2D eigenvalue weighted by atomic mass is 16.5. The first-order valence-electron chi connectivity index (χ1n) is 11.4. The number of ether oxygens (including phenoxy) is 4. The van der Waals surface area contributed by atoms with Crippen molar-refractivity contribution in [3.63, 3.8) is 0 Å². The standard InChI is InChI=1S/C29H26O7/c1-5-34-21-12-15-26-23(16-21)28(18(2)35-26)29(31)36-25-9-7-6-8-19(25)10-14-24(30)22-13-11-20(32-3)17-27(22)33-4/h6-17H,5H2,1-4H3. The van der Waals surface area contributed by atoms with Crippen molar-refractivity contribution in [2.75, 3.05) is 20.8 Å². The molecule has 0 aliphatic heterocycles. The zero-order valence-electron chi connectivity index (χ0n) is 20.5. The van der Waals surface area contributed by atoms with Crippen molar-refractivity contribution in [1.29, 1.82) is 0 Å². The van der Waals surface area contributed by atoms with E-state index in [2.05, 4.69) is 0 Å². The number of carbonyl (C=O) groups excluding carboxylic acids is 2. The van der Waals surface area contributed by atoms with E-state index < -0.39 is 5.97 Å². The number of aryl methyl sites for hydroxylation is 1. The van der Waals surface area contributed by atoms with Crippen molar-refractivity contribution in [1.82, 2.24) is 0 Å². The third-order valence-corrected chi connectivity index (χ3v) is 5.56. The maximum atomic E-state index is 13.2. The SMILES string of the molecule is CCOc1ccc2oc(C)c(C(=O)Oc3ccccc3C=CC(=O)c3ccc(OC)cc3OC)c2c1. The van der Waals surface area contributed by atoms with Gasteiger partial charge in [0, 0.05) is 17.0 Å². The fourth-order valence-electron chi connectivity index (χ4n) is 3.83. The van der Waals surface area contributed by atoms with E-state index in [1.165, 1.54) is 13.2 Å². The summed E-state index contributed by atoms with van der Waals surface area (Å²) >= 11 is 0. The van der Waals surface area contributed by atoms with Gasteiger partial charge in [-0.05, 0) is 62.4 Å². The Morgan fingerprint density at radius 1 is 0.917 bits per heavy atom. The van der Waals surface area contributed by atoms with Crippen molar-refractivity contribution in [3.05, 3.63) is 89.2 Å². The summed E-state index contributed by atoms with van der Waals surface area (Å²) in [6.07, 6.45) is 3.01. The Morgan fingerprint density at radius 2 is 1.69 bits per heavy atom. The molecule has 7 heteroatoms. The number of benzene rings is 3. The topological polar surface area (TPSA) is 84.2 Å². The van der Waals surface area contributed by atoms with Crippen LogP contribution < -0.4 is 18.9 Å².